The van der Waals surface area contributed by atoms with Gasteiger partial charge in [-0.1, -0.05) is 0 Å². The second kappa shape index (κ2) is 4.87. The average molecular weight is 228 g/mol. The molecule has 3 nitrogen and oxygen atoms in total. The molecular formula is C14H16N2O. The van der Waals surface area contributed by atoms with Crippen LogP contribution in [0.1, 0.15) is 13.8 Å². The Balaban J connectivity index is 2.27. The number of rotatable bonds is 3. The molecule has 2 rings (SSSR count). The van der Waals surface area contributed by atoms with Crippen LogP contribution in [0.2, 0.25) is 0 Å². The van der Waals surface area contributed by atoms with Crippen LogP contribution in [0, 0.1) is 0 Å². The number of hydrogen-bond acceptors (Lipinski definition) is 3. The van der Waals surface area contributed by atoms with Gasteiger partial charge >= 0.3 is 0 Å². The molecule has 0 aliphatic heterocycles. The number of nitrogen functional groups attached to an aromatic ring is 1. The normalized spacial score (nSPS) is 10.5. The van der Waals surface area contributed by atoms with E-state index < -0.39 is 0 Å². The van der Waals surface area contributed by atoms with Crippen LogP contribution >= 0.6 is 0 Å². The summed E-state index contributed by atoms with van der Waals surface area (Å²) in [5, 5.41) is 0. The van der Waals surface area contributed by atoms with Gasteiger partial charge in [-0.2, -0.15) is 0 Å². The van der Waals surface area contributed by atoms with E-state index in [4.69, 9.17) is 10.5 Å². The van der Waals surface area contributed by atoms with Crippen LogP contribution in [0.4, 0.5) is 5.69 Å². The molecule has 0 atom stereocenters. The standard InChI is InChI=1S/C14H16N2O/c1-10(2)17-12-7-5-11(6-8-12)14-13(15)4-3-9-16-14/h3-10H,15H2,1-2H3. The van der Waals surface area contributed by atoms with Crippen molar-refractivity contribution in [2.45, 2.75) is 20.0 Å². The maximum Gasteiger partial charge on any atom is 0.119 e. The minimum Gasteiger partial charge on any atom is -0.491 e. The molecule has 17 heavy (non-hydrogen) atoms. The first kappa shape index (κ1) is 11.5. The van der Waals surface area contributed by atoms with E-state index in [-0.39, 0.29) is 6.10 Å². The summed E-state index contributed by atoms with van der Waals surface area (Å²) in [4.78, 5) is 4.27. The lowest BCUT2D eigenvalue weighted by atomic mass is 10.1. The predicted molar refractivity (Wildman–Crippen MR) is 69.8 cm³/mol. The molecule has 0 saturated heterocycles. The van der Waals surface area contributed by atoms with Crippen molar-refractivity contribution in [3.05, 3.63) is 42.6 Å². The van der Waals surface area contributed by atoms with Crippen LogP contribution in [0.5, 0.6) is 5.75 Å². The highest BCUT2D eigenvalue weighted by Crippen LogP contribution is 2.25. The van der Waals surface area contributed by atoms with Gasteiger partial charge in [0.1, 0.15) is 5.75 Å². The third kappa shape index (κ3) is 2.75. The zero-order chi connectivity index (χ0) is 12.3. The number of anilines is 1. The van der Waals surface area contributed by atoms with Gasteiger partial charge in [-0.25, -0.2) is 0 Å². The fourth-order valence-electron chi connectivity index (χ4n) is 1.62. The van der Waals surface area contributed by atoms with Gasteiger partial charge in [0.05, 0.1) is 17.5 Å². The molecule has 0 spiro atoms. The smallest absolute Gasteiger partial charge is 0.119 e. The summed E-state index contributed by atoms with van der Waals surface area (Å²) in [6.07, 6.45) is 1.92. The summed E-state index contributed by atoms with van der Waals surface area (Å²) < 4.78 is 5.58. The molecule has 0 aliphatic rings. The van der Waals surface area contributed by atoms with Crippen molar-refractivity contribution < 1.29 is 4.74 Å². The van der Waals surface area contributed by atoms with Gasteiger partial charge in [-0.3, -0.25) is 4.98 Å². The number of nitrogens with two attached hydrogens (primary N) is 1. The molecule has 1 aromatic carbocycles. The van der Waals surface area contributed by atoms with E-state index in [0.29, 0.717) is 5.69 Å². The number of aromatic nitrogens is 1. The maximum absolute atomic E-state index is 5.88. The molecule has 0 saturated carbocycles. The van der Waals surface area contributed by atoms with Gasteiger partial charge in [0, 0.05) is 11.8 Å². The van der Waals surface area contributed by atoms with Gasteiger partial charge in [-0.05, 0) is 50.2 Å². The minimum absolute atomic E-state index is 0.181. The van der Waals surface area contributed by atoms with Gasteiger partial charge < -0.3 is 10.5 Å². The molecule has 1 aromatic heterocycles. The van der Waals surface area contributed by atoms with Gasteiger partial charge in [0.25, 0.3) is 0 Å². The molecule has 0 aliphatic carbocycles. The fraction of sp³-hybridized carbons (Fsp3) is 0.214. The second-order valence-electron chi connectivity index (χ2n) is 4.13. The van der Waals surface area contributed by atoms with Crippen molar-refractivity contribution in [1.29, 1.82) is 0 Å². The number of pyridine rings is 1. The largest absolute Gasteiger partial charge is 0.491 e. The third-order valence-corrected chi connectivity index (χ3v) is 2.34. The molecule has 3 heteroatoms. The number of hydrogen-bond donors (Lipinski definition) is 1. The monoisotopic (exact) mass is 228 g/mol. The zero-order valence-corrected chi connectivity index (χ0v) is 10.1. The molecule has 88 valence electrons. The molecule has 0 fully saturated rings. The highest BCUT2D eigenvalue weighted by Gasteiger charge is 2.04. The maximum atomic E-state index is 5.88. The Hall–Kier alpha value is -2.03. The highest BCUT2D eigenvalue weighted by atomic mass is 16.5. The molecule has 0 bridgehead atoms. The second-order valence-corrected chi connectivity index (χ2v) is 4.13. The average Bonchev–Trinajstić information content (AvgIpc) is 2.30. The molecule has 1 heterocycles. The van der Waals surface area contributed by atoms with E-state index in [1.807, 2.05) is 50.2 Å². The summed E-state index contributed by atoms with van der Waals surface area (Å²) in [5.74, 6) is 0.859. The van der Waals surface area contributed by atoms with E-state index in [1.165, 1.54) is 0 Å². The number of benzene rings is 1. The molecule has 2 N–H and O–H groups in total. The van der Waals surface area contributed by atoms with Crippen LogP contribution in [-0.4, -0.2) is 11.1 Å². The Bertz CT molecular complexity index is 492. The zero-order valence-electron chi connectivity index (χ0n) is 10.1. The molecular weight excluding hydrogens is 212 g/mol. The molecule has 0 radical (unpaired) electrons. The first-order valence-electron chi connectivity index (χ1n) is 5.64. The summed E-state index contributed by atoms with van der Waals surface area (Å²) in [6.45, 7) is 4.01. The Labute approximate surface area is 101 Å². The lowest BCUT2D eigenvalue weighted by molar-refractivity contribution is 0.242. The van der Waals surface area contributed by atoms with Crippen molar-refractivity contribution in [3.8, 4) is 17.0 Å². The first-order chi connectivity index (χ1) is 8.16. The van der Waals surface area contributed by atoms with E-state index in [0.717, 1.165) is 17.0 Å². The fourth-order valence-corrected chi connectivity index (χ4v) is 1.62. The van der Waals surface area contributed by atoms with E-state index in [2.05, 4.69) is 4.98 Å². The lowest BCUT2D eigenvalue weighted by Gasteiger charge is -2.10. The SMILES string of the molecule is CC(C)Oc1ccc(-c2ncccc2N)cc1. The first-order valence-corrected chi connectivity index (χ1v) is 5.64. The Morgan fingerprint density at radius 2 is 1.82 bits per heavy atom. The quantitative estimate of drug-likeness (QED) is 0.878. The van der Waals surface area contributed by atoms with Crippen LogP contribution in [0.25, 0.3) is 11.3 Å². The molecule has 0 unspecified atom stereocenters. The lowest BCUT2D eigenvalue weighted by Crippen LogP contribution is -2.05. The van der Waals surface area contributed by atoms with Crippen LogP contribution in [0.3, 0.4) is 0 Å². The van der Waals surface area contributed by atoms with Crippen LogP contribution in [-0.2, 0) is 0 Å². The van der Waals surface area contributed by atoms with Gasteiger partial charge in [-0.15, -0.1) is 0 Å². The number of ether oxygens (including phenoxy) is 1. The highest BCUT2D eigenvalue weighted by molar-refractivity contribution is 5.72. The third-order valence-electron chi connectivity index (χ3n) is 2.34. The Morgan fingerprint density at radius 1 is 1.12 bits per heavy atom. The van der Waals surface area contributed by atoms with Crippen molar-refractivity contribution in [3.63, 3.8) is 0 Å². The van der Waals surface area contributed by atoms with Gasteiger partial charge in [0.15, 0.2) is 0 Å². The summed E-state index contributed by atoms with van der Waals surface area (Å²) in [6, 6.07) is 11.5. The Kier molecular flexibility index (Phi) is 3.28. The minimum atomic E-state index is 0.181. The topological polar surface area (TPSA) is 48.1 Å². The van der Waals surface area contributed by atoms with Crippen molar-refractivity contribution in [2.75, 3.05) is 5.73 Å². The van der Waals surface area contributed by atoms with E-state index in [1.54, 1.807) is 6.20 Å². The number of nitrogens with zero attached hydrogens (tertiary/aromatic N) is 1. The predicted octanol–water partition coefficient (Wildman–Crippen LogP) is 3.12. The Morgan fingerprint density at radius 3 is 2.41 bits per heavy atom. The van der Waals surface area contributed by atoms with E-state index in [9.17, 15) is 0 Å². The van der Waals surface area contributed by atoms with Crippen LogP contribution < -0.4 is 10.5 Å². The van der Waals surface area contributed by atoms with Crippen molar-refractivity contribution >= 4 is 5.69 Å². The van der Waals surface area contributed by atoms with Crippen molar-refractivity contribution in [2.24, 2.45) is 0 Å². The summed E-state index contributed by atoms with van der Waals surface area (Å²) in [7, 11) is 0. The van der Waals surface area contributed by atoms with E-state index >= 15 is 0 Å². The summed E-state index contributed by atoms with van der Waals surface area (Å²) >= 11 is 0. The van der Waals surface area contributed by atoms with Crippen LogP contribution in [0.15, 0.2) is 42.6 Å². The molecule has 0 amide bonds. The van der Waals surface area contributed by atoms with Crippen molar-refractivity contribution in [1.82, 2.24) is 4.98 Å². The molecule has 2 aromatic rings. The summed E-state index contributed by atoms with van der Waals surface area (Å²) in [5.41, 5.74) is 8.37. The van der Waals surface area contributed by atoms with Gasteiger partial charge in [0.2, 0.25) is 0 Å².